The molecule has 1 aliphatic carbocycles. The number of carbonyl (C=O) groups is 1. The lowest BCUT2D eigenvalue weighted by atomic mass is 10.1. The molecule has 0 spiro atoms. The van der Waals surface area contributed by atoms with Crippen LogP contribution in [0, 0.1) is 0 Å². The maximum Gasteiger partial charge on any atom is 0.251 e. The first-order valence-corrected chi connectivity index (χ1v) is 6.76. The zero-order valence-electron chi connectivity index (χ0n) is 10.5. The van der Waals surface area contributed by atoms with Crippen molar-refractivity contribution in [3.63, 3.8) is 0 Å². The van der Waals surface area contributed by atoms with Gasteiger partial charge in [0.2, 0.25) is 0 Å². The van der Waals surface area contributed by atoms with Gasteiger partial charge in [0.15, 0.2) is 0 Å². The largest absolute Gasteiger partial charge is 0.379 e. The SMILES string of the molecule is COC1CCCC1NC(=O)c1ccc(CCl)cc1. The van der Waals surface area contributed by atoms with Crippen LogP contribution in [-0.4, -0.2) is 25.2 Å². The fourth-order valence-electron chi connectivity index (χ4n) is 2.37. The van der Waals surface area contributed by atoms with Gasteiger partial charge in [0.25, 0.3) is 5.91 Å². The highest BCUT2D eigenvalue weighted by Crippen LogP contribution is 2.21. The van der Waals surface area contributed by atoms with E-state index in [1.54, 1.807) is 7.11 Å². The second-order valence-electron chi connectivity index (χ2n) is 4.62. The molecule has 0 radical (unpaired) electrons. The minimum atomic E-state index is -0.0370. The maximum absolute atomic E-state index is 12.1. The number of halogens is 1. The molecule has 1 N–H and O–H groups in total. The number of rotatable bonds is 4. The minimum Gasteiger partial charge on any atom is -0.379 e. The third-order valence-electron chi connectivity index (χ3n) is 3.44. The van der Waals surface area contributed by atoms with Gasteiger partial charge in [-0.25, -0.2) is 0 Å². The molecule has 1 amide bonds. The van der Waals surface area contributed by atoms with Crippen LogP contribution >= 0.6 is 11.6 Å². The fourth-order valence-corrected chi connectivity index (χ4v) is 2.55. The average molecular weight is 268 g/mol. The van der Waals surface area contributed by atoms with Crippen LogP contribution < -0.4 is 5.32 Å². The second kappa shape index (κ2) is 6.21. The molecule has 0 saturated heterocycles. The van der Waals surface area contributed by atoms with Gasteiger partial charge >= 0.3 is 0 Å². The number of ether oxygens (including phenoxy) is 1. The molecule has 1 saturated carbocycles. The lowest BCUT2D eigenvalue weighted by Gasteiger charge is -2.19. The van der Waals surface area contributed by atoms with Crippen molar-refractivity contribution >= 4 is 17.5 Å². The van der Waals surface area contributed by atoms with E-state index < -0.39 is 0 Å². The van der Waals surface area contributed by atoms with Gasteiger partial charge in [-0.05, 0) is 37.0 Å². The van der Waals surface area contributed by atoms with Crippen LogP contribution in [0.3, 0.4) is 0 Å². The Kier molecular flexibility index (Phi) is 4.61. The smallest absolute Gasteiger partial charge is 0.251 e. The van der Waals surface area contributed by atoms with Crippen molar-refractivity contribution in [1.82, 2.24) is 5.32 Å². The lowest BCUT2D eigenvalue weighted by molar-refractivity contribution is 0.0722. The van der Waals surface area contributed by atoms with E-state index in [4.69, 9.17) is 16.3 Å². The first kappa shape index (κ1) is 13.4. The maximum atomic E-state index is 12.1. The molecule has 0 aliphatic heterocycles. The molecule has 98 valence electrons. The summed E-state index contributed by atoms with van der Waals surface area (Å²) < 4.78 is 5.36. The molecular weight excluding hydrogens is 250 g/mol. The van der Waals surface area contributed by atoms with Crippen LogP contribution in [0.1, 0.15) is 35.2 Å². The molecule has 3 nitrogen and oxygen atoms in total. The molecule has 1 aliphatic rings. The predicted molar refractivity (Wildman–Crippen MR) is 71.9 cm³/mol. The Hall–Kier alpha value is -1.06. The highest BCUT2D eigenvalue weighted by Gasteiger charge is 2.28. The number of benzene rings is 1. The summed E-state index contributed by atoms with van der Waals surface area (Å²) >= 11 is 5.72. The number of nitrogens with one attached hydrogen (secondary N) is 1. The summed E-state index contributed by atoms with van der Waals surface area (Å²) in [7, 11) is 1.70. The summed E-state index contributed by atoms with van der Waals surface area (Å²) in [5, 5.41) is 3.04. The van der Waals surface area contributed by atoms with Crippen molar-refractivity contribution in [3.05, 3.63) is 35.4 Å². The number of methoxy groups -OCH3 is 1. The number of amides is 1. The Bertz CT molecular complexity index is 405. The fraction of sp³-hybridized carbons (Fsp3) is 0.500. The monoisotopic (exact) mass is 267 g/mol. The topological polar surface area (TPSA) is 38.3 Å². The molecule has 0 heterocycles. The van der Waals surface area contributed by atoms with Gasteiger partial charge in [-0.2, -0.15) is 0 Å². The van der Waals surface area contributed by atoms with Crippen molar-refractivity contribution in [3.8, 4) is 0 Å². The van der Waals surface area contributed by atoms with E-state index >= 15 is 0 Å². The first-order chi connectivity index (χ1) is 8.74. The van der Waals surface area contributed by atoms with Crippen molar-refractivity contribution in [2.45, 2.75) is 37.3 Å². The van der Waals surface area contributed by atoms with Gasteiger partial charge in [0.1, 0.15) is 0 Å². The highest BCUT2D eigenvalue weighted by molar-refractivity contribution is 6.17. The highest BCUT2D eigenvalue weighted by atomic mass is 35.5. The van der Waals surface area contributed by atoms with Crippen molar-refractivity contribution in [2.24, 2.45) is 0 Å². The van der Waals surface area contributed by atoms with E-state index in [2.05, 4.69) is 5.32 Å². The molecule has 18 heavy (non-hydrogen) atoms. The number of hydrogen-bond donors (Lipinski definition) is 1. The van der Waals surface area contributed by atoms with Gasteiger partial charge in [0.05, 0.1) is 12.1 Å². The van der Waals surface area contributed by atoms with E-state index in [1.807, 2.05) is 24.3 Å². The zero-order valence-corrected chi connectivity index (χ0v) is 11.2. The van der Waals surface area contributed by atoms with E-state index in [0.717, 1.165) is 24.8 Å². The first-order valence-electron chi connectivity index (χ1n) is 6.23. The summed E-state index contributed by atoms with van der Waals surface area (Å²) in [5.41, 5.74) is 1.69. The molecule has 2 unspecified atom stereocenters. The standard InChI is InChI=1S/C14H18ClNO2/c1-18-13-4-2-3-12(13)16-14(17)11-7-5-10(9-15)6-8-11/h5-8,12-13H,2-4,9H2,1H3,(H,16,17). The predicted octanol–water partition coefficient (Wildman–Crippen LogP) is 2.72. The minimum absolute atomic E-state index is 0.0370. The lowest BCUT2D eigenvalue weighted by Crippen LogP contribution is -2.40. The Morgan fingerprint density at radius 3 is 2.72 bits per heavy atom. The Labute approximate surface area is 112 Å². The van der Waals surface area contributed by atoms with Crippen molar-refractivity contribution < 1.29 is 9.53 Å². The van der Waals surface area contributed by atoms with E-state index in [9.17, 15) is 4.79 Å². The quantitative estimate of drug-likeness (QED) is 0.852. The summed E-state index contributed by atoms with van der Waals surface area (Å²) in [5.74, 6) is 0.432. The van der Waals surface area contributed by atoms with Crippen LogP contribution in [0.4, 0.5) is 0 Å². The molecule has 2 atom stereocenters. The van der Waals surface area contributed by atoms with Crippen LogP contribution in [0.15, 0.2) is 24.3 Å². The summed E-state index contributed by atoms with van der Waals surface area (Å²) in [4.78, 5) is 12.1. The third-order valence-corrected chi connectivity index (χ3v) is 3.75. The normalized spacial score (nSPS) is 23.0. The zero-order chi connectivity index (χ0) is 13.0. The molecule has 4 heteroatoms. The second-order valence-corrected chi connectivity index (χ2v) is 4.88. The summed E-state index contributed by atoms with van der Waals surface area (Å²) in [6.45, 7) is 0. The van der Waals surface area contributed by atoms with Gasteiger partial charge in [-0.3, -0.25) is 4.79 Å². The number of hydrogen-bond acceptors (Lipinski definition) is 2. The number of carbonyl (C=O) groups excluding carboxylic acids is 1. The summed E-state index contributed by atoms with van der Waals surface area (Å²) in [6, 6.07) is 7.51. The van der Waals surface area contributed by atoms with E-state index in [0.29, 0.717) is 11.4 Å². The Balaban J connectivity index is 1.98. The number of alkyl halides is 1. The average Bonchev–Trinajstić information content (AvgIpc) is 2.86. The van der Waals surface area contributed by atoms with Crippen LogP contribution in [0.25, 0.3) is 0 Å². The van der Waals surface area contributed by atoms with Gasteiger partial charge in [-0.1, -0.05) is 12.1 Å². The van der Waals surface area contributed by atoms with Crippen LogP contribution in [0.5, 0.6) is 0 Å². The molecular formula is C14H18ClNO2. The molecule has 1 fully saturated rings. The Morgan fingerprint density at radius 2 is 2.11 bits per heavy atom. The van der Waals surface area contributed by atoms with Gasteiger partial charge < -0.3 is 10.1 Å². The van der Waals surface area contributed by atoms with Crippen molar-refractivity contribution in [2.75, 3.05) is 7.11 Å². The van der Waals surface area contributed by atoms with E-state index in [-0.39, 0.29) is 18.1 Å². The molecule has 0 aromatic heterocycles. The summed E-state index contributed by atoms with van der Waals surface area (Å²) in [6.07, 6.45) is 3.27. The molecule has 2 rings (SSSR count). The van der Waals surface area contributed by atoms with Crippen molar-refractivity contribution in [1.29, 1.82) is 0 Å². The van der Waals surface area contributed by atoms with Crippen LogP contribution in [-0.2, 0) is 10.6 Å². The van der Waals surface area contributed by atoms with Gasteiger partial charge in [-0.15, -0.1) is 11.6 Å². The molecule has 1 aromatic carbocycles. The molecule has 0 bridgehead atoms. The third kappa shape index (κ3) is 3.03. The van der Waals surface area contributed by atoms with E-state index in [1.165, 1.54) is 0 Å². The van der Waals surface area contributed by atoms with Crippen LogP contribution in [0.2, 0.25) is 0 Å². The van der Waals surface area contributed by atoms with Gasteiger partial charge in [0, 0.05) is 18.6 Å². The Morgan fingerprint density at radius 1 is 1.39 bits per heavy atom. The molecule has 1 aromatic rings.